The van der Waals surface area contributed by atoms with Gasteiger partial charge in [0.2, 0.25) is 9.84 Å². The molecule has 0 amide bonds. The zero-order chi connectivity index (χ0) is 79.2. The molecule has 0 saturated heterocycles. The van der Waals surface area contributed by atoms with E-state index >= 15 is 0 Å². The van der Waals surface area contributed by atoms with E-state index < -0.39 is 20.6 Å². The zero-order valence-electron chi connectivity index (χ0n) is 67.1. The van der Waals surface area contributed by atoms with E-state index in [1.165, 1.54) is 99.8 Å². The predicted molar refractivity (Wildman–Crippen MR) is 472 cm³/mol. The van der Waals surface area contributed by atoms with Crippen molar-refractivity contribution in [2.75, 3.05) is 0 Å². The fourth-order valence-corrected chi connectivity index (χ4v) is 16.2. The monoisotopic (exact) mass is 1490 g/mol. The van der Waals surface area contributed by atoms with Gasteiger partial charge in [-0.1, -0.05) is 315 Å². The molecule has 6 heteroatoms. The standard InChI is InChI=1S/C22H22.C15H16.C14H14O2S.C14H14OS.C14H14O.C14H14.C12H12/c1-17-8-6-7-11-21(17)16-22-15-20(13-12-18(22)2)14-19-9-4-3-5-10-19;1-12-7-3-5-9-14(12)11-15-10-6-4-8-13(15)2;1-11-7-3-5-9-13(11)17(15,16)14-10-6-4-8-12(14)2;1-11-7-3-5-9-13(11)16(15)14-10-6-4-8-12(14)2;1-11-7-3-5-9-13(11)15-14-10-6-4-8-12(14)2;1-11-7-3-5-9-13(11)14-10-6-4-8-12(14)2;1-9-5-3-7-11-8-4-6-10(2)12(9)11/h3-13,15H,14,16H2,1-2H3;3-10H,11H2,1-2H3;3-10H,1-2H3;3-10H,1-2H3;3-10H,1-2H3;3-10H,1-2H3;3-8H,1-2H3. The van der Waals surface area contributed by atoms with E-state index in [1.807, 2.05) is 163 Å². The quantitative estimate of drug-likeness (QED) is 0.115. The van der Waals surface area contributed by atoms with E-state index in [-0.39, 0.29) is 0 Å². The first-order chi connectivity index (χ1) is 53.6. The molecule has 0 heterocycles. The number of benzene rings is 15. The molecular formula is C105H106O4S2. The van der Waals surface area contributed by atoms with Crippen molar-refractivity contribution in [2.45, 2.75) is 136 Å². The van der Waals surface area contributed by atoms with E-state index in [9.17, 15) is 12.6 Å². The van der Waals surface area contributed by atoms with Gasteiger partial charge in [0.05, 0.1) is 20.6 Å². The van der Waals surface area contributed by atoms with Crippen LogP contribution >= 0.6 is 0 Å². The van der Waals surface area contributed by atoms with Gasteiger partial charge in [0.1, 0.15) is 11.5 Å². The summed E-state index contributed by atoms with van der Waals surface area (Å²) in [6.45, 7) is 29.1. The van der Waals surface area contributed by atoms with Gasteiger partial charge in [0.15, 0.2) is 0 Å². The van der Waals surface area contributed by atoms with Crippen molar-refractivity contribution in [2.24, 2.45) is 0 Å². The molecule has 0 saturated carbocycles. The van der Waals surface area contributed by atoms with E-state index in [4.69, 9.17) is 4.74 Å². The van der Waals surface area contributed by atoms with Crippen molar-refractivity contribution in [3.63, 3.8) is 0 Å². The van der Waals surface area contributed by atoms with E-state index in [2.05, 4.69) is 262 Å². The molecule has 4 nitrogen and oxygen atoms in total. The summed E-state index contributed by atoms with van der Waals surface area (Å²) in [5.41, 5.74) is 28.0. The average molecular weight is 1500 g/mol. The number of ether oxygens (including phenoxy) is 1. The maximum Gasteiger partial charge on any atom is 0.207 e. The van der Waals surface area contributed by atoms with Crippen molar-refractivity contribution < 1.29 is 17.4 Å². The predicted octanol–water partition coefficient (Wildman–Crippen LogP) is 27.5. The van der Waals surface area contributed by atoms with Crippen LogP contribution in [-0.2, 0) is 39.9 Å². The van der Waals surface area contributed by atoms with Crippen molar-refractivity contribution >= 4 is 31.4 Å². The van der Waals surface area contributed by atoms with Crippen LogP contribution in [0.15, 0.2) is 371 Å². The molecule has 15 aromatic carbocycles. The number of fused-ring (bicyclic) bond motifs is 1. The summed E-state index contributed by atoms with van der Waals surface area (Å²) in [5.74, 6) is 1.85. The summed E-state index contributed by atoms with van der Waals surface area (Å²) in [6, 6.07) is 119. The Morgan fingerprint density at radius 1 is 0.243 bits per heavy atom. The van der Waals surface area contributed by atoms with Gasteiger partial charge >= 0.3 is 0 Å². The molecule has 15 aromatic rings. The lowest BCUT2D eigenvalue weighted by Crippen LogP contribution is -2.05. The topological polar surface area (TPSA) is 60.4 Å². The third kappa shape index (κ3) is 24.2. The number of sulfone groups is 1. The molecule has 0 atom stereocenters. The lowest BCUT2D eigenvalue weighted by atomic mass is 9.94. The van der Waals surface area contributed by atoms with Crippen LogP contribution in [0.3, 0.4) is 0 Å². The fraction of sp³-hybridized carbons (Fsp3) is 0.162. The maximum absolute atomic E-state index is 12.5. The highest BCUT2D eigenvalue weighted by atomic mass is 32.2. The molecule has 111 heavy (non-hydrogen) atoms. The molecule has 0 aliphatic rings. The van der Waals surface area contributed by atoms with Crippen LogP contribution in [0, 0.1) is 96.9 Å². The van der Waals surface area contributed by atoms with Gasteiger partial charge < -0.3 is 4.74 Å². The van der Waals surface area contributed by atoms with Gasteiger partial charge in [-0.25, -0.2) is 12.6 Å². The Hall–Kier alpha value is -11.5. The number of rotatable bonds is 13. The molecule has 0 aliphatic carbocycles. The number of para-hydroxylation sites is 2. The Labute approximate surface area is 665 Å². The van der Waals surface area contributed by atoms with Crippen molar-refractivity contribution in [1.29, 1.82) is 0 Å². The van der Waals surface area contributed by atoms with Crippen molar-refractivity contribution in [1.82, 2.24) is 0 Å². The van der Waals surface area contributed by atoms with Gasteiger partial charge in [-0.3, -0.25) is 0 Å². The van der Waals surface area contributed by atoms with Crippen molar-refractivity contribution in [3.8, 4) is 22.6 Å². The smallest absolute Gasteiger partial charge is 0.207 e. The summed E-state index contributed by atoms with van der Waals surface area (Å²) in [6.07, 6.45) is 3.06. The minimum Gasteiger partial charge on any atom is -0.457 e. The van der Waals surface area contributed by atoms with Gasteiger partial charge in [-0.05, 0) is 286 Å². The normalized spacial score (nSPS) is 10.5. The molecule has 0 fully saturated rings. The van der Waals surface area contributed by atoms with Crippen LogP contribution in [0.25, 0.3) is 21.9 Å². The largest absolute Gasteiger partial charge is 0.457 e. The average Bonchev–Trinajstić information content (AvgIpc) is 0.783. The second-order valence-electron chi connectivity index (χ2n) is 28.4. The molecule has 0 bridgehead atoms. The molecular weight excluding hydrogens is 1390 g/mol. The highest BCUT2D eigenvalue weighted by Gasteiger charge is 2.21. The molecule has 0 N–H and O–H groups in total. The minimum absolute atomic E-state index is 0.384. The lowest BCUT2D eigenvalue weighted by molar-refractivity contribution is 0.475. The van der Waals surface area contributed by atoms with Gasteiger partial charge in [0.25, 0.3) is 0 Å². The Balaban J connectivity index is 0.000000150. The van der Waals surface area contributed by atoms with Gasteiger partial charge in [0, 0.05) is 9.79 Å². The molecule has 562 valence electrons. The van der Waals surface area contributed by atoms with Gasteiger partial charge in [-0.2, -0.15) is 0 Å². The molecule has 0 radical (unpaired) electrons. The molecule has 0 spiro atoms. The highest BCUT2D eigenvalue weighted by Crippen LogP contribution is 2.31. The summed E-state index contributed by atoms with van der Waals surface area (Å²) in [7, 11) is -4.47. The summed E-state index contributed by atoms with van der Waals surface area (Å²) >= 11 is 0. The first kappa shape index (κ1) is 83.5. The summed E-state index contributed by atoms with van der Waals surface area (Å²) in [4.78, 5) is 2.57. The molecule has 0 aromatic heterocycles. The number of hydrogen-bond acceptors (Lipinski definition) is 4. The highest BCUT2D eigenvalue weighted by molar-refractivity contribution is 7.91. The molecule has 0 aliphatic heterocycles. The van der Waals surface area contributed by atoms with Crippen LogP contribution in [0.4, 0.5) is 0 Å². The first-order valence-corrected chi connectivity index (χ1v) is 40.7. The zero-order valence-corrected chi connectivity index (χ0v) is 68.7. The maximum atomic E-state index is 12.5. The van der Waals surface area contributed by atoms with Crippen LogP contribution in [0.2, 0.25) is 0 Å². The Morgan fingerprint density at radius 3 is 0.937 bits per heavy atom. The number of hydrogen-bond donors (Lipinski definition) is 0. The van der Waals surface area contributed by atoms with Crippen molar-refractivity contribution in [3.05, 3.63) is 463 Å². The van der Waals surface area contributed by atoms with E-state index in [1.54, 1.807) is 24.3 Å². The SMILES string of the molecule is Cc1cccc2cccc(C)c12.Cc1ccccc1-c1ccccc1C.Cc1ccccc1Cc1cc(Cc2ccccc2)ccc1C.Cc1ccccc1Cc1ccccc1C.Cc1ccccc1Oc1ccccc1C.Cc1ccccc1S(=O)(=O)c1ccccc1C.Cc1ccccc1S(=O)c1ccccc1C. The Morgan fingerprint density at radius 2 is 0.559 bits per heavy atom. The Bertz CT molecular complexity index is 5300. The van der Waals surface area contributed by atoms with E-state index in [0.29, 0.717) is 9.79 Å². The van der Waals surface area contributed by atoms with Crippen LogP contribution in [-0.4, -0.2) is 12.6 Å². The third-order valence-corrected chi connectivity index (χ3v) is 23.7. The minimum atomic E-state index is -3.40. The first-order valence-electron chi connectivity index (χ1n) is 38.1. The van der Waals surface area contributed by atoms with E-state index in [0.717, 1.165) is 73.9 Å². The van der Waals surface area contributed by atoms with Crippen LogP contribution in [0.1, 0.15) is 111 Å². The molecule has 0 unspecified atom stereocenters. The molecule has 15 rings (SSSR count). The lowest BCUT2D eigenvalue weighted by Gasteiger charge is -2.11. The third-order valence-electron chi connectivity index (χ3n) is 19.9. The number of aryl methyl sites for hydroxylation is 14. The summed E-state index contributed by atoms with van der Waals surface area (Å²) in [5, 5.41) is 2.75. The Kier molecular flexibility index (Phi) is 31.5. The summed E-state index contributed by atoms with van der Waals surface area (Å²) < 4.78 is 43.2. The fourth-order valence-electron chi connectivity index (χ4n) is 13.1. The second kappa shape index (κ2) is 41.9. The van der Waals surface area contributed by atoms with Crippen LogP contribution in [0.5, 0.6) is 11.5 Å². The second-order valence-corrected chi connectivity index (χ2v) is 31.7. The van der Waals surface area contributed by atoms with Gasteiger partial charge in [-0.15, -0.1) is 0 Å². The van der Waals surface area contributed by atoms with Crippen LogP contribution < -0.4 is 4.74 Å².